The van der Waals surface area contributed by atoms with Gasteiger partial charge >= 0.3 is 0 Å². The molecule has 0 radical (unpaired) electrons. The van der Waals surface area contributed by atoms with Crippen molar-refractivity contribution in [1.82, 2.24) is 15.1 Å². The van der Waals surface area contributed by atoms with Crippen LogP contribution in [0.3, 0.4) is 0 Å². The first kappa shape index (κ1) is 10.6. The van der Waals surface area contributed by atoms with Crippen molar-refractivity contribution in [3.63, 3.8) is 0 Å². The first-order chi connectivity index (χ1) is 8.29. The molecule has 2 fully saturated rings. The summed E-state index contributed by atoms with van der Waals surface area (Å²) in [6.45, 7) is 1.35. The Labute approximate surface area is 101 Å². The van der Waals surface area contributed by atoms with E-state index >= 15 is 0 Å². The van der Waals surface area contributed by atoms with Gasteiger partial charge in [0.15, 0.2) is 0 Å². The molecule has 2 saturated carbocycles. The maximum Gasteiger partial charge on any atom is 0.241 e. The standard InChI is InChI=1S/C12H18N4O/c17-12(15-10-3-4-10)8-16-7-11(6-14-16)13-5-9-1-2-9/h6-7,9-10,13H,1-5,8H2,(H,15,17). The molecule has 5 nitrogen and oxygen atoms in total. The predicted molar refractivity (Wildman–Crippen MR) is 64.6 cm³/mol. The van der Waals surface area contributed by atoms with Crippen molar-refractivity contribution in [2.24, 2.45) is 5.92 Å². The SMILES string of the molecule is O=C(Cn1cc(NCC2CC2)cn1)NC1CC1. The van der Waals surface area contributed by atoms with Gasteiger partial charge in [0.2, 0.25) is 5.91 Å². The average molecular weight is 234 g/mol. The smallest absolute Gasteiger partial charge is 0.241 e. The Morgan fingerprint density at radius 2 is 2.24 bits per heavy atom. The van der Waals surface area contributed by atoms with Crippen molar-refractivity contribution < 1.29 is 4.79 Å². The Morgan fingerprint density at radius 3 is 2.94 bits per heavy atom. The van der Waals surface area contributed by atoms with E-state index in [2.05, 4.69) is 15.7 Å². The van der Waals surface area contributed by atoms with Crippen LogP contribution in [0.4, 0.5) is 5.69 Å². The van der Waals surface area contributed by atoms with Crippen molar-refractivity contribution >= 4 is 11.6 Å². The molecule has 0 spiro atoms. The normalized spacial score (nSPS) is 19.1. The maximum absolute atomic E-state index is 11.6. The number of anilines is 1. The van der Waals surface area contributed by atoms with Gasteiger partial charge in [-0.15, -0.1) is 0 Å². The number of hydrogen-bond acceptors (Lipinski definition) is 3. The highest BCUT2D eigenvalue weighted by atomic mass is 16.2. The molecule has 1 aromatic heterocycles. The lowest BCUT2D eigenvalue weighted by molar-refractivity contribution is -0.122. The molecule has 0 saturated heterocycles. The van der Waals surface area contributed by atoms with Gasteiger partial charge in [-0.25, -0.2) is 0 Å². The van der Waals surface area contributed by atoms with E-state index in [0.29, 0.717) is 12.6 Å². The molecule has 0 unspecified atom stereocenters. The quantitative estimate of drug-likeness (QED) is 0.771. The fraction of sp³-hybridized carbons (Fsp3) is 0.667. The number of carbonyl (C=O) groups is 1. The minimum absolute atomic E-state index is 0.0596. The van der Waals surface area contributed by atoms with Gasteiger partial charge in [0, 0.05) is 18.8 Å². The lowest BCUT2D eigenvalue weighted by Gasteiger charge is -2.03. The van der Waals surface area contributed by atoms with Crippen LogP contribution in [0, 0.1) is 5.92 Å². The van der Waals surface area contributed by atoms with E-state index in [9.17, 15) is 4.79 Å². The molecule has 0 aliphatic heterocycles. The molecule has 1 amide bonds. The van der Waals surface area contributed by atoms with Crippen LogP contribution in [-0.4, -0.2) is 28.3 Å². The molecule has 92 valence electrons. The van der Waals surface area contributed by atoms with Gasteiger partial charge in [-0.05, 0) is 31.6 Å². The van der Waals surface area contributed by atoms with Gasteiger partial charge in [0.25, 0.3) is 0 Å². The van der Waals surface area contributed by atoms with Crippen LogP contribution in [0.15, 0.2) is 12.4 Å². The molecule has 0 bridgehead atoms. The topological polar surface area (TPSA) is 59.0 Å². The van der Waals surface area contributed by atoms with Crippen molar-refractivity contribution in [3.05, 3.63) is 12.4 Å². The molecular weight excluding hydrogens is 216 g/mol. The van der Waals surface area contributed by atoms with Gasteiger partial charge in [0.1, 0.15) is 6.54 Å². The molecule has 0 atom stereocenters. The lowest BCUT2D eigenvalue weighted by atomic mass is 10.4. The Bertz CT molecular complexity index is 406. The summed E-state index contributed by atoms with van der Waals surface area (Å²) in [6, 6.07) is 0.422. The third-order valence-corrected chi connectivity index (χ3v) is 3.17. The van der Waals surface area contributed by atoms with Crippen molar-refractivity contribution in [1.29, 1.82) is 0 Å². The van der Waals surface area contributed by atoms with Crippen molar-refractivity contribution in [3.8, 4) is 0 Å². The summed E-state index contributed by atoms with van der Waals surface area (Å²) in [5, 5.41) is 10.5. The lowest BCUT2D eigenvalue weighted by Crippen LogP contribution is -2.29. The number of aromatic nitrogens is 2. The third kappa shape index (κ3) is 3.22. The van der Waals surface area contributed by atoms with E-state index < -0.39 is 0 Å². The molecule has 2 aliphatic rings. The Morgan fingerprint density at radius 1 is 1.41 bits per heavy atom. The molecule has 1 aromatic rings. The molecule has 0 aromatic carbocycles. The summed E-state index contributed by atoms with van der Waals surface area (Å²) in [4.78, 5) is 11.6. The zero-order valence-corrected chi connectivity index (χ0v) is 9.85. The van der Waals surface area contributed by atoms with E-state index in [0.717, 1.165) is 31.0 Å². The molecule has 3 rings (SSSR count). The summed E-state index contributed by atoms with van der Waals surface area (Å²) in [7, 11) is 0. The van der Waals surface area contributed by atoms with Crippen molar-refractivity contribution in [2.45, 2.75) is 38.3 Å². The Balaban J connectivity index is 1.46. The summed E-state index contributed by atoms with van der Waals surface area (Å²) >= 11 is 0. The van der Waals surface area contributed by atoms with E-state index in [4.69, 9.17) is 0 Å². The molecular formula is C12H18N4O. The third-order valence-electron chi connectivity index (χ3n) is 3.17. The highest BCUT2D eigenvalue weighted by Crippen LogP contribution is 2.28. The van der Waals surface area contributed by atoms with E-state index in [-0.39, 0.29) is 5.91 Å². The van der Waals surface area contributed by atoms with Gasteiger partial charge in [-0.2, -0.15) is 5.10 Å². The first-order valence-corrected chi connectivity index (χ1v) is 6.35. The van der Waals surface area contributed by atoms with E-state index in [1.807, 2.05) is 6.20 Å². The van der Waals surface area contributed by atoms with Crippen LogP contribution in [0.2, 0.25) is 0 Å². The Hall–Kier alpha value is -1.52. The molecule has 2 N–H and O–H groups in total. The van der Waals surface area contributed by atoms with Crippen LogP contribution in [-0.2, 0) is 11.3 Å². The molecule has 17 heavy (non-hydrogen) atoms. The molecule has 2 aliphatic carbocycles. The number of carbonyl (C=O) groups excluding carboxylic acids is 1. The predicted octanol–water partition coefficient (Wildman–Crippen LogP) is 0.984. The summed E-state index contributed by atoms with van der Waals surface area (Å²) in [5.74, 6) is 0.904. The van der Waals surface area contributed by atoms with Crippen LogP contribution >= 0.6 is 0 Å². The van der Waals surface area contributed by atoms with Gasteiger partial charge in [-0.3, -0.25) is 9.48 Å². The minimum Gasteiger partial charge on any atom is -0.382 e. The highest BCUT2D eigenvalue weighted by molar-refractivity contribution is 5.76. The minimum atomic E-state index is 0.0596. The maximum atomic E-state index is 11.6. The van der Waals surface area contributed by atoms with Crippen LogP contribution in [0.25, 0.3) is 0 Å². The fourth-order valence-electron chi connectivity index (χ4n) is 1.77. The molecule has 1 heterocycles. The first-order valence-electron chi connectivity index (χ1n) is 6.35. The van der Waals surface area contributed by atoms with Crippen LogP contribution < -0.4 is 10.6 Å². The van der Waals surface area contributed by atoms with Crippen molar-refractivity contribution in [2.75, 3.05) is 11.9 Å². The molecule has 5 heteroatoms. The number of amides is 1. The number of hydrogen-bond donors (Lipinski definition) is 2. The monoisotopic (exact) mass is 234 g/mol. The zero-order chi connectivity index (χ0) is 11.7. The van der Waals surface area contributed by atoms with Gasteiger partial charge < -0.3 is 10.6 Å². The number of nitrogens with zero attached hydrogens (tertiary/aromatic N) is 2. The van der Waals surface area contributed by atoms with Crippen LogP contribution in [0.5, 0.6) is 0 Å². The fourth-order valence-corrected chi connectivity index (χ4v) is 1.77. The second-order valence-corrected chi connectivity index (χ2v) is 5.09. The highest BCUT2D eigenvalue weighted by Gasteiger charge is 2.23. The van der Waals surface area contributed by atoms with Crippen LogP contribution in [0.1, 0.15) is 25.7 Å². The number of nitrogens with one attached hydrogen (secondary N) is 2. The second kappa shape index (κ2) is 4.39. The second-order valence-electron chi connectivity index (χ2n) is 5.09. The average Bonchev–Trinajstić information content (AvgIpc) is 3.19. The summed E-state index contributed by atoms with van der Waals surface area (Å²) in [5.41, 5.74) is 1.01. The summed E-state index contributed by atoms with van der Waals surface area (Å²) < 4.78 is 1.69. The Kier molecular flexibility index (Phi) is 2.74. The van der Waals surface area contributed by atoms with Gasteiger partial charge in [0.05, 0.1) is 11.9 Å². The van der Waals surface area contributed by atoms with E-state index in [1.165, 1.54) is 12.8 Å². The summed E-state index contributed by atoms with van der Waals surface area (Å²) in [6.07, 6.45) is 8.61. The zero-order valence-electron chi connectivity index (χ0n) is 9.85. The number of rotatable bonds is 6. The van der Waals surface area contributed by atoms with Gasteiger partial charge in [-0.1, -0.05) is 0 Å². The van der Waals surface area contributed by atoms with E-state index in [1.54, 1.807) is 10.9 Å². The largest absolute Gasteiger partial charge is 0.382 e.